The summed E-state index contributed by atoms with van der Waals surface area (Å²) in [6, 6.07) is 16.0. The van der Waals surface area contributed by atoms with Crippen molar-refractivity contribution in [1.29, 1.82) is 0 Å². The summed E-state index contributed by atoms with van der Waals surface area (Å²) in [6.07, 6.45) is 12.0. The minimum absolute atomic E-state index is 0.0401. The molecule has 0 saturated heterocycles. The number of benzene rings is 2. The number of carbonyl (C=O) groups is 1. The van der Waals surface area contributed by atoms with Gasteiger partial charge in [0.05, 0.1) is 11.3 Å². The lowest BCUT2D eigenvalue weighted by Gasteiger charge is -2.08. The van der Waals surface area contributed by atoms with E-state index in [-0.39, 0.29) is 5.75 Å². The highest BCUT2D eigenvalue weighted by Gasteiger charge is 2.13. The number of rotatable bonds is 12. The van der Waals surface area contributed by atoms with E-state index in [9.17, 15) is 9.18 Å². The van der Waals surface area contributed by atoms with E-state index in [1.807, 2.05) is 30.5 Å². The molecule has 0 unspecified atom stereocenters. The predicted molar refractivity (Wildman–Crippen MR) is 132 cm³/mol. The summed E-state index contributed by atoms with van der Waals surface area (Å²) in [5.74, 6) is -1.12. The number of aryl methyl sites for hydroxylation is 2. The third kappa shape index (κ3) is 7.52. The SMILES string of the molecule is CCCCCCc1ccc(OC(=O)c2ccc(-c3ccc(CCCCC)cn3)cc2)c(F)c1. The molecule has 3 rings (SSSR count). The Morgan fingerprint density at radius 1 is 0.818 bits per heavy atom. The van der Waals surface area contributed by atoms with Crippen molar-refractivity contribution in [2.45, 2.75) is 71.6 Å². The van der Waals surface area contributed by atoms with Gasteiger partial charge in [-0.3, -0.25) is 4.98 Å². The first-order chi connectivity index (χ1) is 16.1. The third-order valence-corrected chi connectivity index (χ3v) is 5.83. The molecule has 0 aliphatic heterocycles. The van der Waals surface area contributed by atoms with Gasteiger partial charge in [-0.1, -0.05) is 70.2 Å². The van der Waals surface area contributed by atoms with Gasteiger partial charge >= 0.3 is 5.97 Å². The van der Waals surface area contributed by atoms with Gasteiger partial charge in [0.1, 0.15) is 0 Å². The van der Waals surface area contributed by atoms with Crippen LogP contribution < -0.4 is 4.74 Å². The molecule has 0 atom stereocenters. The molecule has 1 heterocycles. The molecule has 0 saturated carbocycles. The van der Waals surface area contributed by atoms with Crippen LogP contribution in [-0.4, -0.2) is 11.0 Å². The lowest BCUT2D eigenvalue weighted by atomic mass is 10.1. The fourth-order valence-electron chi connectivity index (χ4n) is 3.80. The summed E-state index contributed by atoms with van der Waals surface area (Å²) in [5.41, 5.74) is 4.32. The van der Waals surface area contributed by atoms with Crippen LogP contribution in [0.5, 0.6) is 5.75 Å². The molecule has 4 heteroatoms. The van der Waals surface area contributed by atoms with Gasteiger partial charge in [-0.05, 0) is 67.1 Å². The van der Waals surface area contributed by atoms with Gasteiger partial charge in [-0.25, -0.2) is 9.18 Å². The lowest BCUT2D eigenvalue weighted by molar-refractivity contribution is 0.0728. The van der Waals surface area contributed by atoms with E-state index in [2.05, 4.69) is 24.9 Å². The maximum Gasteiger partial charge on any atom is 0.343 e. The van der Waals surface area contributed by atoms with E-state index < -0.39 is 11.8 Å². The smallest absolute Gasteiger partial charge is 0.343 e. The summed E-state index contributed by atoms with van der Waals surface area (Å²) in [5, 5.41) is 0. The normalized spacial score (nSPS) is 10.9. The van der Waals surface area contributed by atoms with E-state index in [1.165, 1.54) is 43.7 Å². The topological polar surface area (TPSA) is 39.2 Å². The Morgan fingerprint density at radius 3 is 2.15 bits per heavy atom. The molecule has 0 radical (unpaired) electrons. The first kappa shape index (κ1) is 24.6. The molecule has 33 heavy (non-hydrogen) atoms. The Bertz CT molecular complexity index is 1010. The maximum absolute atomic E-state index is 14.4. The first-order valence-corrected chi connectivity index (χ1v) is 12.2. The largest absolute Gasteiger partial charge is 0.420 e. The molecule has 0 amide bonds. The van der Waals surface area contributed by atoms with E-state index in [1.54, 1.807) is 18.2 Å². The van der Waals surface area contributed by atoms with Crippen LogP contribution in [0.4, 0.5) is 4.39 Å². The van der Waals surface area contributed by atoms with Crippen LogP contribution >= 0.6 is 0 Å². The number of hydrogen-bond donors (Lipinski definition) is 0. The fraction of sp³-hybridized carbons (Fsp3) is 0.379. The molecule has 0 N–H and O–H groups in total. The molecule has 174 valence electrons. The molecular weight excluding hydrogens is 413 g/mol. The summed E-state index contributed by atoms with van der Waals surface area (Å²) in [6.45, 7) is 4.36. The number of nitrogens with zero attached hydrogens (tertiary/aromatic N) is 1. The van der Waals surface area contributed by atoms with Crippen molar-refractivity contribution in [1.82, 2.24) is 4.98 Å². The number of pyridine rings is 1. The van der Waals surface area contributed by atoms with E-state index >= 15 is 0 Å². The number of halogens is 1. The molecule has 3 aromatic rings. The summed E-state index contributed by atoms with van der Waals surface area (Å²) < 4.78 is 19.7. The van der Waals surface area contributed by atoms with Gasteiger partial charge in [0.15, 0.2) is 11.6 Å². The van der Waals surface area contributed by atoms with Gasteiger partial charge in [-0.15, -0.1) is 0 Å². The number of aromatic nitrogens is 1. The number of esters is 1. The van der Waals surface area contributed by atoms with Gasteiger partial charge < -0.3 is 4.74 Å². The van der Waals surface area contributed by atoms with Crippen LogP contribution in [0.25, 0.3) is 11.3 Å². The van der Waals surface area contributed by atoms with Crippen molar-refractivity contribution >= 4 is 5.97 Å². The second kappa shape index (κ2) is 12.9. The van der Waals surface area contributed by atoms with Crippen LogP contribution in [0.2, 0.25) is 0 Å². The lowest BCUT2D eigenvalue weighted by Crippen LogP contribution is -2.09. The van der Waals surface area contributed by atoms with Crippen molar-refractivity contribution in [2.24, 2.45) is 0 Å². The van der Waals surface area contributed by atoms with E-state index in [4.69, 9.17) is 4.74 Å². The van der Waals surface area contributed by atoms with Crippen molar-refractivity contribution in [2.75, 3.05) is 0 Å². The Morgan fingerprint density at radius 2 is 1.48 bits per heavy atom. The summed E-state index contributed by atoms with van der Waals surface area (Å²) >= 11 is 0. The molecule has 2 aromatic carbocycles. The average molecular weight is 448 g/mol. The van der Waals surface area contributed by atoms with Crippen molar-refractivity contribution in [3.05, 3.63) is 83.3 Å². The second-order valence-electron chi connectivity index (χ2n) is 8.55. The third-order valence-electron chi connectivity index (χ3n) is 5.83. The Kier molecular flexibility index (Phi) is 9.61. The van der Waals surface area contributed by atoms with Crippen molar-refractivity contribution < 1.29 is 13.9 Å². The minimum Gasteiger partial charge on any atom is -0.420 e. The van der Waals surface area contributed by atoms with Crippen LogP contribution in [0.15, 0.2) is 60.8 Å². The highest BCUT2D eigenvalue weighted by atomic mass is 19.1. The number of ether oxygens (including phenoxy) is 1. The minimum atomic E-state index is -0.574. The van der Waals surface area contributed by atoms with Crippen molar-refractivity contribution in [3.63, 3.8) is 0 Å². The fourth-order valence-corrected chi connectivity index (χ4v) is 3.80. The van der Waals surface area contributed by atoms with Crippen LogP contribution in [0, 0.1) is 5.82 Å². The molecule has 0 spiro atoms. The second-order valence-corrected chi connectivity index (χ2v) is 8.55. The number of unbranched alkanes of at least 4 members (excludes halogenated alkanes) is 5. The van der Waals surface area contributed by atoms with Crippen LogP contribution in [-0.2, 0) is 12.8 Å². The monoisotopic (exact) mass is 447 g/mol. The van der Waals surface area contributed by atoms with Gasteiger partial charge in [0.2, 0.25) is 0 Å². The molecule has 1 aromatic heterocycles. The van der Waals surface area contributed by atoms with Crippen LogP contribution in [0.1, 0.15) is 80.3 Å². The Hall–Kier alpha value is -3.01. The molecule has 0 aliphatic rings. The van der Waals surface area contributed by atoms with Crippen molar-refractivity contribution in [3.8, 4) is 17.0 Å². The predicted octanol–water partition coefficient (Wildman–Crippen LogP) is 7.96. The molecule has 0 aliphatic carbocycles. The molecule has 0 bridgehead atoms. The zero-order valence-electron chi connectivity index (χ0n) is 19.8. The molecule has 3 nitrogen and oxygen atoms in total. The van der Waals surface area contributed by atoms with E-state index in [0.717, 1.165) is 42.5 Å². The zero-order valence-corrected chi connectivity index (χ0v) is 19.8. The first-order valence-electron chi connectivity index (χ1n) is 12.2. The highest BCUT2D eigenvalue weighted by Crippen LogP contribution is 2.23. The summed E-state index contributed by atoms with van der Waals surface area (Å²) in [4.78, 5) is 17.1. The van der Waals surface area contributed by atoms with Gasteiger partial charge in [0.25, 0.3) is 0 Å². The Balaban J connectivity index is 1.58. The Labute approximate surface area is 197 Å². The quantitative estimate of drug-likeness (QED) is 0.161. The number of carbonyl (C=O) groups excluding carboxylic acids is 1. The van der Waals surface area contributed by atoms with E-state index in [0.29, 0.717) is 5.56 Å². The van der Waals surface area contributed by atoms with Gasteiger partial charge in [0, 0.05) is 11.8 Å². The van der Waals surface area contributed by atoms with Gasteiger partial charge in [-0.2, -0.15) is 0 Å². The maximum atomic E-state index is 14.4. The zero-order chi connectivity index (χ0) is 23.5. The van der Waals surface area contributed by atoms with Crippen LogP contribution in [0.3, 0.4) is 0 Å². The number of hydrogen-bond acceptors (Lipinski definition) is 3. The standard InChI is InChI=1S/C29H34FNO2/c1-3-5-7-9-10-22-13-19-28(26(30)20-22)33-29(32)25-16-14-24(15-17-25)27-18-12-23(21-31-27)11-8-6-4-2/h12-21H,3-11H2,1-2H3. The summed E-state index contributed by atoms with van der Waals surface area (Å²) in [7, 11) is 0. The average Bonchev–Trinajstić information content (AvgIpc) is 2.84. The highest BCUT2D eigenvalue weighted by molar-refractivity contribution is 5.91. The molecular formula is C29H34FNO2. The molecule has 0 fully saturated rings.